The molecule has 9 aromatic rings. The number of para-hydroxylation sites is 1. The van der Waals surface area contributed by atoms with Crippen LogP contribution >= 0.6 is 0 Å². The van der Waals surface area contributed by atoms with E-state index in [1.807, 2.05) is 60.8 Å². The Morgan fingerprint density at radius 3 is 2.23 bits per heavy atom. The summed E-state index contributed by atoms with van der Waals surface area (Å²) in [6.45, 7) is 0. The van der Waals surface area contributed by atoms with Crippen LogP contribution in [0.4, 0.5) is 0 Å². The fraction of sp³-hybridized carbons (Fsp3) is 0.0435. The van der Waals surface area contributed by atoms with Gasteiger partial charge in [0.25, 0.3) is 0 Å². The smallest absolute Gasteiger partial charge is 0.170 e. The highest BCUT2D eigenvalue weighted by Crippen LogP contribution is 2.41. The first-order chi connectivity index (χ1) is 25.7. The number of hydrogen-bond donors (Lipinski definition) is 2. The van der Waals surface area contributed by atoms with Gasteiger partial charge in [-0.05, 0) is 63.5 Å². The van der Waals surface area contributed by atoms with E-state index >= 15 is 0 Å². The van der Waals surface area contributed by atoms with E-state index in [2.05, 4.69) is 108 Å². The van der Waals surface area contributed by atoms with Crippen LogP contribution in [0.1, 0.15) is 45.8 Å². The summed E-state index contributed by atoms with van der Waals surface area (Å²) in [5.74, 6) is 2.43. The fourth-order valence-corrected chi connectivity index (χ4v) is 7.98. The van der Waals surface area contributed by atoms with E-state index in [0.29, 0.717) is 0 Å². The summed E-state index contributed by atoms with van der Waals surface area (Å²) in [6.07, 6.45) is 3.55. The number of amidine groups is 2. The van der Waals surface area contributed by atoms with Crippen LogP contribution in [-0.2, 0) is 0 Å². The second-order valence-electron chi connectivity index (χ2n) is 13.4. The molecule has 0 fully saturated rings. The molecule has 0 spiro atoms. The Morgan fingerprint density at radius 2 is 1.31 bits per heavy atom. The molecule has 0 aliphatic carbocycles. The normalized spacial score (nSPS) is 16.9. The van der Waals surface area contributed by atoms with Gasteiger partial charge in [-0.25, -0.2) is 9.98 Å². The highest BCUT2D eigenvalue weighted by molar-refractivity contribution is 6.23. The number of nitrogens with one attached hydrogen (secondary N) is 2. The Morgan fingerprint density at radius 1 is 0.538 bits per heavy atom. The fourth-order valence-electron chi connectivity index (χ4n) is 7.98. The van der Waals surface area contributed by atoms with Crippen molar-refractivity contribution in [1.29, 1.82) is 0 Å². The van der Waals surface area contributed by atoms with E-state index in [-0.39, 0.29) is 6.04 Å². The molecule has 0 radical (unpaired) electrons. The first-order valence-corrected chi connectivity index (χ1v) is 17.5. The van der Waals surface area contributed by atoms with Crippen molar-refractivity contribution in [2.45, 2.75) is 12.2 Å². The number of nitrogens with zero attached hydrogens (tertiary/aromatic N) is 2. The molecule has 6 nitrogen and oxygen atoms in total. The van der Waals surface area contributed by atoms with Crippen molar-refractivity contribution in [1.82, 2.24) is 10.6 Å². The van der Waals surface area contributed by atoms with Gasteiger partial charge < -0.3 is 19.5 Å². The third kappa shape index (κ3) is 4.51. The van der Waals surface area contributed by atoms with Gasteiger partial charge in [0.1, 0.15) is 34.2 Å². The molecule has 2 aromatic heterocycles. The first-order valence-electron chi connectivity index (χ1n) is 17.5. The summed E-state index contributed by atoms with van der Waals surface area (Å²) < 4.78 is 12.7. The van der Waals surface area contributed by atoms with Crippen molar-refractivity contribution in [2.24, 2.45) is 9.98 Å². The van der Waals surface area contributed by atoms with Gasteiger partial charge in [0, 0.05) is 44.6 Å². The van der Waals surface area contributed by atoms with Gasteiger partial charge in [0.15, 0.2) is 6.17 Å². The average Bonchev–Trinajstić information content (AvgIpc) is 3.77. The summed E-state index contributed by atoms with van der Waals surface area (Å²) in [4.78, 5) is 10.6. The largest absolute Gasteiger partial charge is 0.456 e. The molecule has 2 N–H and O–H groups in total. The average molecular weight is 671 g/mol. The van der Waals surface area contributed by atoms with Crippen molar-refractivity contribution in [3.8, 4) is 0 Å². The van der Waals surface area contributed by atoms with Gasteiger partial charge in [0.2, 0.25) is 0 Å². The lowest BCUT2D eigenvalue weighted by molar-refractivity contribution is 0.581. The molecule has 2 aliphatic heterocycles. The minimum Gasteiger partial charge on any atom is -0.456 e. The van der Waals surface area contributed by atoms with Gasteiger partial charge in [-0.1, -0.05) is 115 Å². The van der Waals surface area contributed by atoms with Gasteiger partial charge in [-0.3, -0.25) is 0 Å². The van der Waals surface area contributed by atoms with Crippen LogP contribution in [0.2, 0.25) is 0 Å². The molecule has 0 saturated carbocycles. The zero-order valence-electron chi connectivity index (χ0n) is 27.9. The minimum atomic E-state index is -0.470. The predicted molar refractivity (Wildman–Crippen MR) is 211 cm³/mol. The molecule has 4 heterocycles. The van der Waals surface area contributed by atoms with Crippen LogP contribution in [0.3, 0.4) is 0 Å². The summed E-state index contributed by atoms with van der Waals surface area (Å²) >= 11 is 0. The van der Waals surface area contributed by atoms with E-state index in [1.54, 1.807) is 0 Å². The maximum atomic E-state index is 6.41. The number of fused-ring (bicyclic) bond motifs is 8. The Bertz CT molecular complexity index is 2990. The van der Waals surface area contributed by atoms with Crippen LogP contribution in [-0.4, -0.2) is 11.7 Å². The van der Waals surface area contributed by atoms with Gasteiger partial charge in [-0.2, -0.15) is 0 Å². The quantitative estimate of drug-likeness (QED) is 0.195. The standard InChI is InChI=1S/C46H30N4O2/c1-2-10-27(11-3-1)44-48-45(50-46(49-44)35-17-9-19-38-41(35)34-15-6-7-18-37(34)51-38)33-16-8-14-30-24-31(20-21-32(30)33)43-42-36-25-28-12-4-5-13-29(28)26-40(36)52-39(42)22-23-47-43/h1-26,43,45,47H,(H,48,49,50). The van der Waals surface area contributed by atoms with Crippen molar-refractivity contribution in [3.63, 3.8) is 0 Å². The lowest BCUT2D eigenvalue weighted by atomic mass is 9.91. The molecule has 7 aromatic carbocycles. The van der Waals surface area contributed by atoms with Crippen LogP contribution in [0.5, 0.6) is 0 Å². The highest BCUT2D eigenvalue weighted by atomic mass is 16.3. The molecule has 11 rings (SSSR count). The molecule has 2 atom stereocenters. The molecule has 52 heavy (non-hydrogen) atoms. The summed E-state index contributed by atoms with van der Waals surface area (Å²) in [6, 6.07) is 50.5. The Labute approximate surface area is 298 Å². The monoisotopic (exact) mass is 670 g/mol. The maximum absolute atomic E-state index is 6.41. The molecular formula is C46H30N4O2. The van der Waals surface area contributed by atoms with E-state index < -0.39 is 6.17 Å². The number of benzene rings is 7. The highest BCUT2D eigenvalue weighted by Gasteiger charge is 2.27. The van der Waals surface area contributed by atoms with Gasteiger partial charge in [-0.15, -0.1) is 0 Å². The first kappa shape index (κ1) is 28.9. The SMILES string of the molecule is C1=Cc2oc3cc4ccccc4cc3c2C(c2ccc3c(C4N=C(c5ccccc5)NC(c5cccc6oc7ccccc7c56)=N4)cccc3c2)N1. The summed E-state index contributed by atoms with van der Waals surface area (Å²) in [5, 5.41) is 15.1. The summed E-state index contributed by atoms with van der Waals surface area (Å²) in [7, 11) is 0. The zero-order valence-corrected chi connectivity index (χ0v) is 27.9. The van der Waals surface area contributed by atoms with Crippen molar-refractivity contribution < 1.29 is 8.83 Å². The number of aliphatic imine (C=N–C) groups is 2. The molecule has 0 saturated heterocycles. The van der Waals surface area contributed by atoms with E-state index in [4.69, 9.17) is 18.8 Å². The van der Waals surface area contributed by atoms with E-state index in [1.165, 1.54) is 10.8 Å². The Hall–Kier alpha value is -6.92. The third-order valence-electron chi connectivity index (χ3n) is 10.4. The maximum Gasteiger partial charge on any atom is 0.170 e. The molecule has 6 heteroatoms. The molecular weight excluding hydrogens is 641 g/mol. The van der Waals surface area contributed by atoms with Crippen molar-refractivity contribution in [3.05, 3.63) is 185 Å². The van der Waals surface area contributed by atoms with Gasteiger partial charge in [0.05, 0.1) is 6.04 Å². The third-order valence-corrected chi connectivity index (χ3v) is 10.4. The molecule has 0 amide bonds. The Balaban J connectivity index is 1.04. The second kappa shape index (κ2) is 11.3. The molecule has 0 bridgehead atoms. The molecule has 246 valence electrons. The van der Waals surface area contributed by atoms with Crippen LogP contribution in [0, 0.1) is 0 Å². The molecule has 2 aliphatic rings. The van der Waals surface area contributed by atoms with E-state index in [0.717, 1.165) is 88.9 Å². The number of rotatable bonds is 4. The van der Waals surface area contributed by atoms with Crippen LogP contribution < -0.4 is 10.6 Å². The lowest BCUT2D eigenvalue weighted by Crippen LogP contribution is -2.36. The Kier molecular flexibility index (Phi) is 6.28. The zero-order chi connectivity index (χ0) is 34.2. The predicted octanol–water partition coefficient (Wildman–Crippen LogP) is 10.8. The number of hydrogen-bond acceptors (Lipinski definition) is 6. The summed E-state index contributed by atoms with van der Waals surface area (Å²) in [5.41, 5.74) is 7.91. The topological polar surface area (TPSA) is 75.1 Å². The van der Waals surface area contributed by atoms with Crippen LogP contribution in [0.25, 0.3) is 60.5 Å². The number of furan rings is 2. The van der Waals surface area contributed by atoms with Crippen LogP contribution in [0.15, 0.2) is 171 Å². The van der Waals surface area contributed by atoms with Crippen molar-refractivity contribution in [2.75, 3.05) is 0 Å². The minimum absolute atomic E-state index is 0.0630. The molecule has 2 unspecified atom stereocenters. The van der Waals surface area contributed by atoms with Gasteiger partial charge >= 0.3 is 0 Å². The lowest BCUT2D eigenvalue weighted by Gasteiger charge is -2.24. The second-order valence-corrected chi connectivity index (χ2v) is 13.4. The van der Waals surface area contributed by atoms with Crippen molar-refractivity contribution >= 4 is 72.2 Å². The van der Waals surface area contributed by atoms with E-state index in [9.17, 15) is 0 Å².